The lowest BCUT2D eigenvalue weighted by atomic mass is 10.2. The van der Waals surface area contributed by atoms with E-state index in [0.29, 0.717) is 12.1 Å². The van der Waals surface area contributed by atoms with Gasteiger partial charge in [0.15, 0.2) is 0 Å². The van der Waals surface area contributed by atoms with Crippen LogP contribution in [0.25, 0.3) is 0 Å². The number of rotatable bonds is 4. The normalized spacial score (nSPS) is 12.7. The maximum Gasteiger partial charge on any atom is 0.0180 e. The zero-order valence-corrected chi connectivity index (χ0v) is 8.60. The lowest BCUT2D eigenvalue weighted by Gasteiger charge is -2.28. The molecule has 0 atom stereocenters. The van der Waals surface area contributed by atoms with Gasteiger partial charge in [0.25, 0.3) is 0 Å². The van der Waals surface area contributed by atoms with E-state index in [-0.39, 0.29) is 0 Å². The molecule has 11 heavy (non-hydrogen) atoms. The van der Waals surface area contributed by atoms with Gasteiger partial charge < -0.3 is 0 Å². The summed E-state index contributed by atoms with van der Waals surface area (Å²) in [5, 5.41) is 0. The molecule has 66 valence electrons. The van der Waals surface area contributed by atoms with Gasteiger partial charge >= 0.3 is 0 Å². The standard InChI is InChI=1S/C9H18ClN/c1-8(2)11(9(3)4)7-5-6-10/h5-6,8-9H,7H2,1-4H3/b6-5-. The van der Waals surface area contributed by atoms with Gasteiger partial charge in [-0.3, -0.25) is 4.90 Å². The molecule has 0 aliphatic carbocycles. The summed E-state index contributed by atoms with van der Waals surface area (Å²) in [6, 6.07) is 1.17. The van der Waals surface area contributed by atoms with E-state index in [9.17, 15) is 0 Å². The van der Waals surface area contributed by atoms with Crippen molar-refractivity contribution in [2.75, 3.05) is 6.54 Å². The summed E-state index contributed by atoms with van der Waals surface area (Å²) in [5.74, 6) is 0. The first-order valence-corrected chi connectivity index (χ1v) is 4.54. The third-order valence-electron chi connectivity index (χ3n) is 1.73. The van der Waals surface area contributed by atoms with Crippen molar-refractivity contribution in [3.8, 4) is 0 Å². The fraction of sp³-hybridized carbons (Fsp3) is 0.778. The van der Waals surface area contributed by atoms with Crippen LogP contribution in [0.3, 0.4) is 0 Å². The lowest BCUT2D eigenvalue weighted by Crippen LogP contribution is -2.36. The van der Waals surface area contributed by atoms with Gasteiger partial charge in [0.05, 0.1) is 0 Å². The largest absolute Gasteiger partial charge is 0.295 e. The number of nitrogens with zero attached hydrogens (tertiary/aromatic N) is 1. The zero-order chi connectivity index (χ0) is 8.85. The van der Waals surface area contributed by atoms with E-state index in [0.717, 1.165) is 6.54 Å². The molecule has 0 N–H and O–H groups in total. The van der Waals surface area contributed by atoms with Crippen LogP contribution in [0.5, 0.6) is 0 Å². The topological polar surface area (TPSA) is 3.24 Å². The molecule has 0 aromatic carbocycles. The number of hydrogen-bond acceptors (Lipinski definition) is 1. The van der Waals surface area contributed by atoms with Crippen molar-refractivity contribution in [2.45, 2.75) is 39.8 Å². The van der Waals surface area contributed by atoms with Crippen LogP contribution in [0.2, 0.25) is 0 Å². The molecule has 0 aromatic rings. The molecule has 0 spiro atoms. The Morgan fingerprint density at radius 3 is 1.91 bits per heavy atom. The van der Waals surface area contributed by atoms with Crippen LogP contribution in [0, 0.1) is 0 Å². The Morgan fingerprint density at radius 1 is 1.18 bits per heavy atom. The van der Waals surface area contributed by atoms with E-state index in [4.69, 9.17) is 11.6 Å². The summed E-state index contributed by atoms with van der Waals surface area (Å²) in [7, 11) is 0. The Kier molecular flexibility index (Phi) is 5.61. The third-order valence-corrected chi connectivity index (χ3v) is 1.91. The molecule has 0 saturated heterocycles. The summed E-state index contributed by atoms with van der Waals surface area (Å²) >= 11 is 5.45. The molecule has 0 heterocycles. The van der Waals surface area contributed by atoms with E-state index in [2.05, 4.69) is 32.6 Å². The molecular formula is C9H18ClN. The minimum Gasteiger partial charge on any atom is -0.295 e. The fourth-order valence-corrected chi connectivity index (χ4v) is 1.26. The van der Waals surface area contributed by atoms with Gasteiger partial charge in [0.2, 0.25) is 0 Å². The summed E-state index contributed by atoms with van der Waals surface area (Å²) in [4.78, 5) is 2.37. The van der Waals surface area contributed by atoms with Crippen LogP contribution in [-0.4, -0.2) is 23.5 Å². The highest BCUT2D eigenvalue weighted by molar-refractivity contribution is 6.25. The van der Waals surface area contributed by atoms with Gasteiger partial charge in [-0.15, -0.1) is 0 Å². The van der Waals surface area contributed by atoms with Gasteiger partial charge in [-0.1, -0.05) is 17.7 Å². The highest BCUT2D eigenvalue weighted by Gasteiger charge is 2.10. The lowest BCUT2D eigenvalue weighted by molar-refractivity contribution is 0.196. The SMILES string of the molecule is CC(C)N(C/C=C\Cl)C(C)C. The van der Waals surface area contributed by atoms with Crippen LogP contribution in [0.1, 0.15) is 27.7 Å². The molecular weight excluding hydrogens is 158 g/mol. The van der Waals surface area contributed by atoms with Gasteiger partial charge in [-0.2, -0.15) is 0 Å². The molecule has 0 aliphatic heterocycles. The van der Waals surface area contributed by atoms with Crippen LogP contribution >= 0.6 is 11.6 Å². The average Bonchev–Trinajstić information content (AvgIpc) is 1.87. The highest BCUT2D eigenvalue weighted by atomic mass is 35.5. The Bertz CT molecular complexity index is 111. The fourth-order valence-electron chi connectivity index (χ4n) is 1.18. The molecule has 0 bridgehead atoms. The first kappa shape index (κ1) is 11.0. The highest BCUT2D eigenvalue weighted by Crippen LogP contribution is 2.04. The van der Waals surface area contributed by atoms with Crippen molar-refractivity contribution in [3.05, 3.63) is 11.6 Å². The summed E-state index contributed by atoms with van der Waals surface area (Å²) in [6.45, 7) is 9.73. The molecule has 1 nitrogen and oxygen atoms in total. The second kappa shape index (κ2) is 5.62. The molecule has 2 heteroatoms. The summed E-state index contributed by atoms with van der Waals surface area (Å²) in [5.41, 5.74) is 1.58. The average molecular weight is 176 g/mol. The van der Waals surface area contributed by atoms with E-state index in [1.54, 1.807) is 5.54 Å². The molecule has 0 rings (SSSR count). The predicted molar refractivity (Wildman–Crippen MR) is 52.0 cm³/mol. The summed E-state index contributed by atoms with van der Waals surface area (Å²) < 4.78 is 0. The molecule has 0 fully saturated rings. The van der Waals surface area contributed by atoms with Gasteiger partial charge in [0, 0.05) is 24.2 Å². The third kappa shape index (κ3) is 4.44. The van der Waals surface area contributed by atoms with Crippen LogP contribution < -0.4 is 0 Å². The molecule has 0 amide bonds. The van der Waals surface area contributed by atoms with Gasteiger partial charge in [-0.25, -0.2) is 0 Å². The van der Waals surface area contributed by atoms with E-state index in [1.165, 1.54) is 0 Å². The molecule has 0 unspecified atom stereocenters. The predicted octanol–water partition coefficient (Wildman–Crippen LogP) is 2.86. The second-order valence-electron chi connectivity index (χ2n) is 3.25. The Hall–Kier alpha value is -0.0100. The smallest absolute Gasteiger partial charge is 0.0180 e. The van der Waals surface area contributed by atoms with E-state index >= 15 is 0 Å². The van der Waals surface area contributed by atoms with Crippen LogP contribution in [-0.2, 0) is 0 Å². The quantitative estimate of drug-likeness (QED) is 0.635. The minimum absolute atomic E-state index is 0.586. The minimum atomic E-state index is 0.586. The van der Waals surface area contributed by atoms with Crippen molar-refractivity contribution in [3.63, 3.8) is 0 Å². The Balaban J connectivity index is 3.89. The van der Waals surface area contributed by atoms with Gasteiger partial charge in [-0.05, 0) is 27.7 Å². The number of halogens is 1. The molecule has 0 radical (unpaired) electrons. The Morgan fingerprint density at radius 2 is 1.64 bits per heavy atom. The van der Waals surface area contributed by atoms with E-state index in [1.807, 2.05) is 6.08 Å². The second-order valence-corrected chi connectivity index (χ2v) is 3.50. The van der Waals surface area contributed by atoms with Crippen molar-refractivity contribution in [2.24, 2.45) is 0 Å². The van der Waals surface area contributed by atoms with Gasteiger partial charge in [0.1, 0.15) is 0 Å². The summed E-state index contributed by atoms with van der Waals surface area (Å²) in [6.07, 6.45) is 1.97. The van der Waals surface area contributed by atoms with Crippen molar-refractivity contribution in [1.29, 1.82) is 0 Å². The Labute approximate surface area is 75.0 Å². The first-order valence-electron chi connectivity index (χ1n) is 4.10. The van der Waals surface area contributed by atoms with E-state index < -0.39 is 0 Å². The van der Waals surface area contributed by atoms with Crippen molar-refractivity contribution >= 4 is 11.6 Å². The van der Waals surface area contributed by atoms with Crippen LogP contribution in [0.15, 0.2) is 11.6 Å². The first-order chi connectivity index (χ1) is 5.09. The number of hydrogen-bond donors (Lipinski definition) is 0. The maximum atomic E-state index is 5.45. The van der Waals surface area contributed by atoms with Crippen LogP contribution in [0.4, 0.5) is 0 Å². The monoisotopic (exact) mass is 175 g/mol. The molecule has 0 aromatic heterocycles. The van der Waals surface area contributed by atoms with Crippen molar-refractivity contribution in [1.82, 2.24) is 4.90 Å². The van der Waals surface area contributed by atoms with Crippen molar-refractivity contribution < 1.29 is 0 Å². The molecule has 0 saturated carbocycles. The molecule has 0 aliphatic rings. The zero-order valence-electron chi connectivity index (χ0n) is 7.84. The maximum absolute atomic E-state index is 5.45.